The van der Waals surface area contributed by atoms with Crippen molar-refractivity contribution in [2.24, 2.45) is 5.10 Å². The number of benzene rings is 2. The zero-order valence-corrected chi connectivity index (χ0v) is 15.4. The first-order valence-corrected chi connectivity index (χ1v) is 8.55. The lowest BCUT2D eigenvalue weighted by Crippen LogP contribution is -2.25. The second-order valence-electron chi connectivity index (χ2n) is 5.77. The van der Waals surface area contributed by atoms with Gasteiger partial charge in [-0.05, 0) is 49.2 Å². The van der Waals surface area contributed by atoms with Gasteiger partial charge in [0.15, 0.2) is 11.5 Å². The molecule has 0 spiro atoms. The van der Waals surface area contributed by atoms with Gasteiger partial charge in [0.1, 0.15) is 0 Å². The average Bonchev–Trinajstić information content (AvgIpc) is 2.66. The van der Waals surface area contributed by atoms with Crippen molar-refractivity contribution in [2.75, 3.05) is 25.6 Å². The number of carbonyl (C=O) groups excluding carboxylic acids is 1. The molecular formula is C20H25N3O3. The number of nitrogens with zero attached hydrogens (tertiary/aromatic N) is 1. The largest absolute Gasteiger partial charge is 0.493 e. The molecule has 0 unspecified atom stereocenters. The van der Waals surface area contributed by atoms with E-state index in [0.29, 0.717) is 18.1 Å². The first-order chi connectivity index (χ1) is 12.6. The van der Waals surface area contributed by atoms with Gasteiger partial charge in [-0.15, -0.1) is 0 Å². The van der Waals surface area contributed by atoms with Gasteiger partial charge in [-0.25, -0.2) is 5.43 Å². The molecule has 0 atom stereocenters. The topological polar surface area (TPSA) is 72.0 Å². The standard InChI is InChI=1S/C20H25N3O3/c1-4-11-26-18-10-7-16(12-19(18)25-3)13-22-23-20(24)14-21-17-8-5-15(2)6-9-17/h5-10,12-13,21H,4,11,14H2,1-3H3,(H,23,24)/b22-13-. The van der Waals surface area contributed by atoms with Crippen molar-refractivity contribution in [1.82, 2.24) is 5.43 Å². The van der Waals surface area contributed by atoms with E-state index in [2.05, 4.69) is 15.8 Å². The van der Waals surface area contributed by atoms with Gasteiger partial charge in [-0.1, -0.05) is 24.6 Å². The van der Waals surface area contributed by atoms with Crippen molar-refractivity contribution in [3.05, 3.63) is 53.6 Å². The molecule has 6 heteroatoms. The third kappa shape index (κ3) is 6.12. The van der Waals surface area contributed by atoms with Crippen molar-refractivity contribution in [3.8, 4) is 11.5 Å². The van der Waals surface area contributed by atoms with Gasteiger partial charge in [0, 0.05) is 5.69 Å². The second-order valence-corrected chi connectivity index (χ2v) is 5.77. The zero-order valence-electron chi connectivity index (χ0n) is 15.4. The quantitative estimate of drug-likeness (QED) is 0.534. The SMILES string of the molecule is CCCOc1ccc(/C=N\NC(=O)CNc2ccc(C)cc2)cc1OC. The molecule has 0 heterocycles. The van der Waals surface area contributed by atoms with Crippen LogP contribution in [-0.2, 0) is 4.79 Å². The Labute approximate surface area is 154 Å². The number of aryl methyl sites for hydroxylation is 1. The van der Waals surface area contributed by atoms with Gasteiger partial charge in [0.25, 0.3) is 5.91 Å². The normalized spacial score (nSPS) is 10.6. The van der Waals surface area contributed by atoms with E-state index in [1.165, 1.54) is 5.56 Å². The van der Waals surface area contributed by atoms with Gasteiger partial charge in [-0.3, -0.25) is 4.79 Å². The highest BCUT2D eigenvalue weighted by Crippen LogP contribution is 2.27. The van der Waals surface area contributed by atoms with Crippen LogP contribution >= 0.6 is 0 Å². The Morgan fingerprint density at radius 1 is 1.15 bits per heavy atom. The highest BCUT2D eigenvalue weighted by molar-refractivity contribution is 5.84. The van der Waals surface area contributed by atoms with Crippen LogP contribution in [0.5, 0.6) is 11.5 Å². The predicted molar refractivity (Wildman–Crippen MR) is 104 cm³/mol. The fourth-order valence-electron chi connectivity index (χ4n) is 2.17. The number of hydrogen-bond acceptors (Lipinski definition) is 5. The number of nitrogens with one attached hydrogen (secondary N) is 2. The molecule has 0 bridgehead atoms. The molecule has 0 aliphatic heterocycles. The molecule has 0 aliphatic carbocycles. The summed E-state index contributed by atoms with van der Waals surface area (Å²) in [6, 6.07) is 13.3. The van der Waals surface area contributed by atoms with Gasteiger partial charge in [0.05, 0.1) is 26.5 Å². The molecule has 1 amide bonds. The lowest BCUT2D eigenvalue weighted by Gasteiger charge is -2.10. The van der Waals surface area contributed by atoms with Crippen LogP contribution in [0.25, 0.3) is 0 Å². The summed E-state index contributed by atoms with van der Waals surface area (Å²) in [5.74, 6) is 1.10. The van der Waals surface area contributed by atoms with Crippen LogP contribution in [-0.4, -0.2) is 32.4 Å². The number of methoxy groups -OCH3 is 1. The Bertz CT molecular complexity index is 742. The fraction of sp³-hybridized carbons (Fsp3) is 0.300. The fourth-order valence-corrected chi connectivity index (χ4v) is 2.17. The number of hydrazone groups is 1. The van der Waals surface area contributed by atoms with Gasteiger partial charge >= 0.3 is 0 Å². The lowest BCUT2D eigenvalue weighted by molar-refractivity contribution is -0.119. The van der Waals surface area contributed by atoms with Crippen molar-refractivity contribution in [3.63, 3.8) is 0 Å². The van der Waals surface area contributed by atoms with E-state index < -0.39 is 0 Å². The van der Waals surface area contributed by atoms with Crippen LogP contribution in [0.1, 0.15) is 24.5 Å². The summed E-state index contributed by atoms with van der Waals surface area (Å²) in [5, 5.41) is 7.02. The molecule has 6 nitrogen and oxygen atoms in total. The number of amides is 1. The monoisotopic (exact) mass is 355 g/mol. The van der Waals surface area contributed by atoms with Gasteiger partial charge in [-0.2, -0.15) is 5.10 Å². The molecule has 0 saturated heterocycles. The summed E-state index contributed by atoms with van der Waals surface area (Å²) in [6.45, 7) is 4.84. The first kappa shape index (κ1) is 19.3. The van der Waals surface area contributed by atoms with E-state index in [-0.39, 0.29) is 12.5 Å². The summed E-state index contributed by atoms with van der Waals surface area (Å²) in [5.41, 5.74) is 5.36. The maximum absolute atomic E-state index is 11.8. The molecule has 26 heavy (non-hydrogen) atoms. The second kappa shape index (κ2) is 10.1. The van der Waals surface area contributed by atoms with Crippen LogP contribution in [0.3, 0.4) is 0 Å². The first-order valence-electron chi connectivity index (χ1n) is 8.55. The minimum absolute atomic E-state index is 0.146. The Morgan fingerprint density at radius 3 is 2.62 bits per heavy atom. The minimum atomic E-state index is -0.225. The van der Waals surface area contributed by atoms with E-state index in [1.807, 2.05) is 56.3 Å². The molecule has 0 saturated carbocycles. The van der Waals surface area contributed by atoms with Crippen molar-refractivity contribution in [2.45, 2.75) is 20.3 Å². The zero-order chi connectivity index (χ0) is 18.8. The van der Waals surface area contributed by atoms with E-state index in [4.69, 9.17) is 9.47 Å². The van der Waals surface area contributed by atoms with Crippen molar-refractivity contribution >= 4 is 17.8 Å². The third-order valence-corrected chi connectivity index (χ3v) is 3.56. The van der Waals surface area contributed by atoms with Crippen LogP contribution in [0.4, 0.5) is 5.69 Å². The van der Waals surface area contributed by atoms with Crippen molar-refractivity contribution < 1.29 is 14.3 Å². The Morgan fingerprint density at radius 2 is 1.92 bits per heavy atom. The number of carbonyl (C=O) groups is 1. The number of hydrogen-bond donors (Lipinski definition) is 2. The molecule has 0 aliphatic rings. The molecule has 2 N–H and O–H groups in total. The van der Waals surface area contributed by atoms with E-state index >= 15 is 0 Å². The molecule has 2 aromatic rings. The molecule has 0 aromatic heterocycles. The van der Waals surface area contributed by atoms with Crippen LogP contribution in [0, 0.1) is 6.92 Å². The maximum Gasteiger partial charge on any atom is 0.259 e. The molecule has 0 fully saturated rings. The van der Waals surface area contributed by atoms with E-state index in [9.17, 15) is 4.79 Å². The molecule has 0 radical (unpaired) electrons. The Kier molecular flexibility index (Phi) is 7.49. The van der Waals surface area contributed by atoms with Crippen LogP contribution in [0.15, 0.2) is 47.6 Å². The summed E-state index contributed by atoms with van der Waals surface area (Å²) in [7, 11) is 1.59. The predicted octanol–water partition coefficient (Wildman–Crippen LogP) is 3.35. The third-order valence-electron chi connectivity index (χ3n) is 3.56. The Balaban J connectivity index is 1.84. The van der Waals surface area contributed by atoms with Gasteiger partial charge in [0.2, 0.25) is 0 Å². The highest BCUT2D eigenvalue weighted by atomic mass is 16.5. The van der Waals surface area contributed by atoms with Crippen molar-refractivity contribution in [1.29, 1.82) is 0 Å². The molecule has 2 rings (SSSR count). The summed E-state index contributed by atoms with van der Waals surface area (Å²) in [6.07, 6.45) is 2.49. The summed E-state index contributed by atoms with van der Waals surface area (Å²) < 4.78 is 10.9. The van der Waals surface area contributed by atoms with Gasteiger partial charge < -0.3 is 14.8 Å². The molecule has 138 valence electrons. The average molecular weight is 355 g/mol. The number of ether oxygens (including phenoxy) is 2. The highest BCUT2D eigenvalue weighted by Gasteiger charge is 2.05. The summed E-state index contributed by atoms with van der Waals surface area (Å²) >= 11 is 0. The van der Waals surface area contributed by atoms with Crippen LogP contribution in [0.2, 0.25) is 0 Å². The molecular weight excluding hydrogens is 330 g/mol. The maximum atomic E-state index is 11.8. The number of anilines is 1. The minimum Gasteiger partial charge on any atom is -0.493 e. The van der Waals surface area contributed by atoms with E-state index in [0.717, 1.165) is 17.7 Å². The summed E-state index contributed by atoms with van der Waals surface area (Å²) in [4.78, 5) is 11.8. The Hall–Kier alpha value is -3.02. The lowest BCUT2D eigenvalue weighted by atomic mass is 10.2. The van der Waals surface area contributed by atoms with E-state index in [1.54, 1.807) is 13.3 Å². The van der Waals surface area contributed by atoms with Crippen LogP contribution < -0.4 is 20.2 Å². The molecule has 2 aromatic carbocycles. The number of rotatable bonds is 9. The smallest absolute Gasteiger partial charge is 0.259 e.